The second kappa shape index (κ2) is 9.45. The fourth-order valence-corrected chi connectivity index (χ4v) is 2.53. The summed E-state index contributed by atoms with van der Waals surface area (Å²) >= 11 is 6.07. The molecule has 1 saturated heterocycles. The highest BCUT2D eigenvalue weighted by molar-refractivity contribution is 14.0. The summed E-state index contributed by atoms with van der Waals surface area (Å²) in [5.74, 6) is 2.10. The van der Waals surface area contributed by atoms with Crippen LogP contribution in [-0.2, 0) is 0 Å². The molecular formula is C16H25ClIN3O. The molecule has 0 saturated carbocycles. The minimum Gasteiger partial charge on any atom is -0.487 e. The van der Waals surface area contributed by atoms with Gasteiger partial charge in [0.2, 0.25) is 0 Å². The summed E-state index contributed by atoms with van der Waals surface area (Å²) in [5.41, 5.74) is 6.06. The standard InChI is InChI=1S/C16H24ClN3O.HI/c1-12-7-9-20(10-8-12)16(18)19-11-13(2)21-15-6-4-3-5-14(15)17;/h3-6,12-13H,7-11H2,1-2H3,(H2,18,19);1H. The molecule has 1 fully saturated rings. The largest absolute Gasteiger partial charge is 0.487 e. The van der Waals surface area contributed by atoms with E-state index in [1.165, 1.54) is 12.8 Å². The summed E-state index contributed by atoms with van der Waals surface area (Å²) in [6.45, 7) is 6.78. The van der Waals surface area contributed by atoms with Gasteiger partial charge in [-0.15, -0.1) is 24.0 Å². The average molecular weight is 438 g/mol. The fourth-order valence-electron chi connectivity index (χ4n) is 2.35. The van der Waals surface area contributed by atoms with Crippen LogP contribution in [-0.4, -0.2) is 36.6 Å². The van der Waals surface area contributed by atoms with Gasteiger partial charge in [-0.2, -0.15) is 0 Å². The highest BCUT2D eigenvalue weighted by atomic mass is 127. The van der Waals surface area contributed by atoms with Gasteiger partial charge in [-0.1, -0.05) is 30.7 Å². The third-order valence-corrected chi connectivity index (χ3v) is 4.10. The van der Waals surface area contributed by atoms with Gasteiger partial charge >= 0.3 is 0 Å². The van der Waals surface area contributed by atoms with Gasteiger partial charge in [0, 0.05) is 13.1 Å². The molecule has 0 bridgehead atoms. The van der Waals surface area contributed by atoms with Crippen LogP contribution in [0.2, 0.25) is 5.02 Å². The van der Waals surface area contributed by atoms with Crippen molar-refractivity contribution in [2.24, 2.45) is 16.6 Å². The number of aliphatic imine (C=N–C) groups is 1. The lowest BCUT2D eigenvalue weighted by Crippen LogP contribution is -2.43. The maximum Gasteiger partial charge on any atom is 0.191 e. The zero-order valence-corrected chi connectivity index (χ0v) is 16.3. The summed E-state index contributed by atoms with van der Waals surface area (Å²) in [7, 11) is 0. The molecular weight excluding hydrogens is 413 g/mol. The molecule has 2 N–H and O–H groups in total. The third-order valence-electron chi connectivity index (χ3n) is 3.78. The van der Waals surface area contributed by atoms with Crippen molar-refractivity contribution in [1.82, 2.24) is 4.90 Å². The molecule has 1 aliphatic rings. The Morgan fingerprint density at radius 2 is 2.05 bits per heavy atom. The Balaban J connectivity index is 0.00000242. The number of hydrogen-bond donors (Lipinski definition) is 1. The molecule has 0 radical (unpaired) electrons. The van der Waals surface area contributed by atoms with Gasteiger partial charge in [0.1, 0.15) is 11.9 Å². The van der Waals surface area contributed by atoms with E-state index in [4.69, 9.17) is 22.1 Å². The van der Waals surface area contributed by atoms with Crippen LogP contribution in [0.1, 0.15) is 26.7 Å². The minimum atomic E-state index is -0.0628. The molecule has 1 aromatic carbocycles. The Bertz CT molecular complexity index is 490. The number of likely N-dealkylation sites (tertiary alicyclic amines) is 1. The molecule has 2 rings (SSSR count). The Kier molecular flexibility index (Phi) is 8.31. The number of rotatable bonds is 4. The van der Waals surface area contributed by atoms with E-state index in [1.54, 1.807) is 0 Å². The number of halogens is 2. The van der Waals surface area contributed by atoms with Crippen LogP contribution in [0, 0.1) is 5.92 Å². The second-order valence-electron chi connectivity index (χ2n) is 5.73. The van der Waals surface area contributed by atoms with Gasteiger partial charge in [-0.25, -0.2) is 4.99 Å². The van der Waals surface area contributed by atoms with E-state index in [0.29, 0.717) is 23.3 Å². The SMILES string of the molecule is CC1CCN(C(N)=NCC(C)Oc2ccccc2Cl)CC1.I. The van der Waals surface area contributed by atoms with Gasteiger partial charge in [0.15, 0.2) is 5.96 Å². The number of guanidine groups is 1. The first-order valence-corrected chi connectivity index (χ1v) is 7.90. The first-order valence-electron chi connectivity index (χ1n) is 7.52. The normalized spacial score (nSPS) is 17.8. The monoisotopic (exact) mass is 437 g/mol. The van der Waals surface area contributed by atoms with Gasteiger partial charge in [-0.05, 0) is 37.8 Å². The van der Waals surface area contributed by atoms with E-state index in [1.807, 2.05) is 31.2 Å². The molecule has 0 aliphatic carbocycles. The molecule has 124 valence electrons. The molecule has 4 nitrogen and oxygen atoms in total. The highest BCUT2D eigenvalue weighted by Gasteiger charge is 2.17. The molecule has 6 heteroatoms. The average Bonchev–Trinajstić information content (AvgIpc) is 2.48. The number of para-hydroxylation sites is 1. The molecule has 0 aromatic heterocycles. The summed E-state index contributed by atoms with van der Waals surface area (Å²) in [6, 6.07) is 7.46. The topological polar surface area (TPSA) is 50.8 Å². The maximum absolute atomic E-state index is 6.07. The molecule has 0 amide bonds. The van der Waals surface area contributed by atoms with Gasteiger partial charge in [-0.3, -0.25) is 0 Å². The lowest BCUT2D eigenvalue weighted by molar-refractivity contribution is 0.228. The van der Waals surface area contributed by atoms with E-state index < -0.39 is 0 Å². The first kappa shape index (κ1) is 19.4. The molecule has 1 aliphatic heterocycles. The zero-order chi connectivity index (χ0) is 15.2. The number of nitrogens with zero attached hydrogens (tertiary/aromatic N) is 2. The first-order chi connectivity index (χ1) is 10.1. The van der Waals surface area contributed by atoms with E-state index in [0.717, 1.165) is 19.0 Å². The van der Waals surface area contributed by atoms with E-state index in [9.17, 15) is 0 Å². The third kappa shape index (κ3) is 5.83. The summed E-state index contributed by atoms with van der Waals surface area (Å²) in [5, 5.41) is 0.617. The second-order valence-corrected chi connectivity index (χ2v) is 6.13. The van der Waals surface area contributed by atoms with Crippen molar-refractivity contribution in [3.05, 3.63) is 29.3 Å². The lowest BCUT2D eigenvalue weighted by Gasteiger charge is -2.31. The molecule has 1 atom stereocenters. The van der Waals surface area contributed by atoms with E-state index in [-0.39, 0.29) is 30.1 Å². The van der Waals surface area contributed by atoms with Crippen molar-refractivity contribution in [1.29, 1.82) is 0 Å². The smallest absolute Gasteiger partial charge is 0.191 e. The van der Waals surface area contributed by atoms with E-state index >= 15 is 0 Å². The summed E-state index contributed by atoms with van der Waals surface area (Å²) in [4.78, 5) is 6.61. The minimum absolute atomic E-state index is 0. The molecule has 1 heterocycles. The lowest BCUT2D eigenvalue weighted by atomic mass is 10.00. The van der Waals surface area contributed by atoms with Crippen LogP contribution in [0.15, 0.2) is 29.3 Å². The van der Waals surface area contributed by atoms with Crippen molar-refractivity contribution < 1.29 is 4.74 Å². The van der Waals surface area contributed by atoms with Crippen molar-refractivity contribution in [3.8, 4) is 5.75 Å². The van der Waals surface area contributed by atoms with Crippen molar-refractivity contribution in [2.45, 2.75) is 32.8 Å². The predicted molar refractivity (Wildman–Crippen MR) is 103 cm³/mol. The van der Waals surface area contributed by atoms with E-state index in [2.05, 4.69) is 16.8 Å². The van der Waals surface area contributed by atoms with Crippen molar-refractivity contribution in [3.63, 3.8) is 0 Å². The summed E-state index contributed by atoms with van der Waals surface area (Å²) in [6.07, 6.45) is 2.30. The highest BCUT2D eigenvalue weighted by Crippen LogP contribution is 2.24. The Hall–Kier alpha value is -0.690. The molecule has 1 unspecified atom stereocenters. The Morgan fingerprint density at radius 1 is 1.41 bits per heavy atom. The quantitative estimate of drug-likeness (QED) is 0.443. The van der Waals surface area contributed by atoms with Crippen LogP contribution in [0.3, 0.4) is 0 Å². The zero-order valence-electron chi connectivity index (χ0n) is 13.2. The van der Waals surface area contributed by atoms with Crippen LogP contribution in [0.4, 0.5) is 0 Å². The Morgan fingerprint density at radius 3 is 2.68 bits per heavy atom. The van der Waals surface area contributed by atoms with Crippen molar-refractivity contribution in [2.75, 3.05) is 19.6 Å². The predicted octanol–water partition coefficient (Wildman–Crippen LogP) is 3.77. The number of hydrogen-bond acceptors (Lipinski definition) is 2. The number of piperidine rings is 1. The molecule has 1 aromatic rings. The van der Waals surface area contributed by atoms with Crippen LogP contribution in [0.25, 0.3) is 0 Å². The molecule has 0 spiro atoms. The van der Waals surface area contributed by atoms with Crippen LogP contribution in [0.5, 0.6) is 5.75 Å². The maximum atomic E-state index is 6.07. The molecule has 22 heavy (non-hydrogen) atoms. The van der Waals surface area contributed by atoms with Crippen LogP contribution >= 0.6 is 35.6 Å². The number of nitrogens with two attached hydrogens (primary N) is 1. The van der Waals surface area contributed by atoms with Crippen LogP contribution < -0.4 is 10.5 Å². The van der Waals surface area contributed by atoms with Gasteiger partial charge < -0.3 is 15.4 Å². The number of benzene rings is 1. The van der Waals surface area contributed by atoms with Gasteiger partial charge in [0.05, 0.1) is 11.6 Å². The number of ether oxygens (including phenoxy) is 1. The van der Waals surface area contributed by atoms with Crippen molar-refractivity contribution >= 4 is 41.5 Å². The Labute approximate surface area is 155 Å². The van der Waals surface area contributed by atoms with Gasteiger partial charge in [0.25, 0.3) is 0 Å². The fraction of sp³-hybridized carbons (Fsp3) is 0.562. The summed E-state index contributed by atoms with van der Waals surface area (Å²) < 4.78 is 5.79.